The predicted molar refractivity (Wildman–Crippen MR) is 128 cm³/mol. The average molecular weight is 536 g/mol. The monoisotopic (exact) mass is 535 g/mol. The highest BCUT2D eigenvalue weighted by Gasteiger charge is 2.54. The summed E-state index contributed by atoms with van der Waals surface area (Å²) in [5, 5.41) is 25.6. The zero-order valence-corrected chi connectivity index (χ0v) is 20.4. The van der Waals surface area contributed by atoms with Crippen molar-refractivity contribution in [2.75, 3.05) is 23.9 Å². The Morgan fingerprint density at radius 3 is 2.94 bits per heavy atom. The third-order valence-electron chi connectivity index (χ3n) is 4.84. The van der Waals surface area contributed by atoms with E-state index in [0.29, 0.717) is 27.8 Å². The summed E-state index contributed by atoms with van der Waals surface area (Å²) in [5.41, 5.74) is 1.98. The number of carbonyl (C=O) groups excluding carboxylic acids is 3. The summed E-state index contributed by atoms with van der Waals surface area (Å²) in [7, 11) is 1.25. The molecule has 0 aliphatic carbocycles. The molecule has 2 aromatic rings. The number of pyridine rings is 1. The lowest BCUT2D eigenvalue weighted by Crippen LogP contribution is -2.71. The number of β-lactam (4-membered cyclic amide) rings is 1. The summed E-state index contributed by atoms with van der Waals surface area (Å²) in [4.78, 5) is 58.7. The third kappa shape index (κ3) is 5.13. The van der Waals surface area contributed by atoms with Gasteiger partial charge in [-0.15, -0.1) is 22.0 Å². The molecule has 16 heteroatoms. The molecule has 0 radical (unpaired) electrons. The van der Waals surface area contributed by atoms with Crippen LogP contribution in [0.25, 0.3) is 0 Å². The molecular weight excluding hydrogens is 518 g/mol. The number of thioether (sulfide) groups is 2. The molecule has 1 unspecified atom stereocenters. The predicted octanol–water partition coefficient (Wildman–Crippen LogP) is 0.383. The van der Waals surface area contributed by atoms with E-state index in [-0.39, 0.29) is 22.9 Å². The number of anilines is 1. The number of carbonyl (C=O) groups is 4. The van der Waals surface area contributed by atoms with Crippen LogP contribution >= 0.6 is 34.9 Å². The van der Waals surface area contributed by atoms with Gasteiger partial charge in [-0.3, -0.25) is 19.3 Å². The van der Waals surface area contributed by atoms with Crippen LogP contribution in [-0.4, -0.2) is 85.1 Å². The molecule has 3 N–H and O–H groups in total. The number of nitrogens with zero attached hydrogens (tertiary/aromatic N) is 5. The van der Waals surface area contributed by atoms with Gasteiger partial charge in [0.2, 0.25) is 6.41 Å². The van der Waals surface area contributed by atoms with Crippen LogP contribution in [0, 0.1) is 0 Å². The van der Waals surface area contributed by atoms with Crippen LogP contribution in [-0.2, 0) is 24.0 Å². The van der Waals surface area contributed by atoms with Gasteiger partial charge in [0, 0.05) is 11.5 Å². The fraction of sp³-hybridized carbons (Fsp3) is 0.263. The number of amides is 3. The van der Waals surface area contributed by atoms with Gasteiger partial charge < -0.3 is 20.6 Å². The van der Waals surface area contributed by atoms with Crippen LogP contribution in [0.3, 0.4) is 0 Å². The Morgan fingerprint density at radius 2 is 2.26 bits per heavy atom. The minimum absolute atomic E-state index is 0.0821. The first-order chi connectivity index (χ1) is 16.9. The maximum atomic E-state index is 13.0. The van der Waals surface area contributed by atoms with Gasteiger partial charge in [-0.25, -0.2) is 9.78 Å². The Kier molecular flexibility index (Phi) is 7.62. The molecule has 35 heavy (non-hydrogen) atoms. The summed E-state index contributed by atoms with van der Waals surface area (Å²) in [6.07, 6.45) is 0.440. The molecule has 2 aromatic heterocycles. The molecule has 0 spiro atoms. The quantitative estimate of drug-likeness (QED) is 0.126. The first-order valence-electron chi connectivity index (χ1n) is 9.83. The topological polar surface area (TPSA) is 176 Å². The summed E-state index contributed by atoms with van der Waals surface area (Å²) in [6.45, 7) is 0. The third-order valence-corrected chi connectivity index (χ3v) is 8.13. The van der Waals surface area contributed by atoms with E-state index in [2.05, 4.69) is 31.0 Å². The van der Waals surface area contributed by atoms with Crippen LogP contribution < -0.4 is 10.6 Å². The molecule has 2 aliphatic heterocycles. The number of hydrogen-bond acceptors (Lipinski definition) is 12. The van der Waals surface area contributed by atoms with Gasteiger partial charge in [-0.2, -0.15) is 0 Å². The lowest BCUT2D eigenvalue weighted by molar-refractivity contribution is -0.150. The molecule has 182 valence electrons. The van der Waals surface area contributed by atoms with Crippen molar-refractivity contribution >= 4 is 70.6 Å². The maximum Gasteiger partial charge on any atom is 0.352 e. The van der Waals surface area contributed by atoms with E-state index in [4.69, 9.17) is 4.84 Å². The van der Waals surface area contributed by atoms with Crippen molar-refractivity contribution < 1.29 is 29.1 Å². The summed E-state index contributed by atoms with van der Waals surface area (Å²) >= 11 is 4.04. The van der Waals surface area contributed by atoms with Crippen molar-refractivity contribution in [2.24, 2.45) is 5.16 Å². The van der Waals surface area contributed by atoms with E-state index in [9.17, 15) is 24.3 Å². The van der Waals surface area contributed by atoms with Crippen LogP contribution in [0.2, 0.25) is 0 Å². The zero-order valence-electron chi connectivity index (χ0n) is 17.9. The van der Waals surface area contributed by atoms with Gasteiger partial charge in [0.15, 0.2) is 10.1 Å². The number of hydrogen-bond donors (Lipinski definition) is 3. The van der Waals surface area contributed by atoms with Gasteiger partial charge in [0.05, 0.1) is 0 Å². The van der Waals surface area contributed by atoms with E-state index < -0.39 is 29.2 Å². The second-order valence-corrected chi connectivity index (χ2v) is 10.1. The van der Waals surface area contributed by atoms with E-state index in [1.807, 2.05) is 0 Å². The second-order valence-electron chi connectivity index (χ2n) is 6.90. The second kappa shape index (κ2) is 10.8. The van der Waals surface area contributed by atoms with Gasteiger partial charge >= 0.3 is 5.97 Å². The molecule has 13 nitrogen and oxygen atoms in total. The number of carboxylic acids is 1. The molecule has 4 heterocycles. The Labute approximate surface area is 210 Å². The van der Waals surface area contributed by atoms with Gasteiger partial charge in [0.1, 0.15) is 41.2 Å². The lowest BCUT2D eigenvalue weighted by atomic mass is 10.0. The molecule has 3 amide bonds. The Balaban J connectivity index is 1.50. The van der Waals surface area contributed by atoms with Crippen molar-refractivity contribution in [1.82, 2.24) is 25.4 Å². The number of aliphatic carboxylic acids is 1. The van der Waals surface area contributed by atoms with Crippen molar-refractivity contribution in [3.8, 4) is 0 Å². The normalized spacial score (nSPS) is 19.5. The molecule has 0 saturated carbocycles. The first-order valence-corrected chi connectivity index (χ1v) is 12.7. The Morgan fingerprint density at radius 1 is 1.43 bits per heavy atom. The maximum absolute atomic E-state index is 13.0. The Bertz CT molecular complexity index is 1220. The van der Waals surface area contributed by atoms with E-state index in [1.54, 1.807) is 11.6 Å². The van der Waals surface area contributed by atoms with Crippen molar-refractivity contribution in [3.05, 3.63) is 40.7 Å². The number of fused-ring (bicyclic) bond motifs is 1. The number of carboxylic acid groups (broad SMARTS) is 1. The van der Waals surface area contributed by atoms with Gasteiger partial charge in [-0.05, 0) is 17.7 Å². The van der Waals surface area contributed by atoms with Gasteiger partial charge in [0.25, 0.3) is 11.8 Å². The minimum Gasteiger partial charge on any atom is -0.477 e. The molecule has 4 rings (SSSR count). The van der Waals surface area contributed by atoms with Crippen LogP contribution in [0.1, 0.15) is 5.69 Å². The SMILES string of the molecule is CO/N=C(\C(=O)NC1C(=O)N2C(C(=O)O)=C(CSc3nncs3)CS[C@H]12)c1cccc(NC=O)n1. The molecular formula is C19H17N7O6S3. The van der Waals surface area contributed by atoms with E-state index in [1.165, 1.54) is 59.0 Å². The summed E-state index contributed by atoms with van der Waals surface area (Å²) < 4.78 is 0.695. The number of aromatic nitrogens is 3. The average Bonchev–Trinajstić information content (AvgIpc) is 3.37. The largest absolute Gasteiger partial charge is 0.477 e. The van der Waals surface area contributed by atoms with Crippen LogP contribution in [0.4, 0.5) is 5.82 Å². The number of nitrogens with one attached hydrogen (secondary N) is 2. The van der Waals surface area contributed by atoms with Crippen LogP contribution in [0.15, 0.2) is 44.5 Å². The van der Waals surface area contributed by atoms with Crippen molar-refractivity contribution in [3.63, 3.8) is 0 Å². The van der Waals surface area contributed by atoms with Crippen molar-refractivity contribution in [1.29, 1.82) is 0 Å². The standard InChI is InChI=1S/C19H17N7O6S3/c1-32-25-12(10-3-2-4-11(22-10)20-7-27)15(28)23-13-16(29)26-14(18(30)31)9(5-33-17(13)26)6-34-19-24-21-8-35-19/h2-4,7-8,13,17H,5-6H2,1H3,(H,23,28)(H,30,31)(H,20,22,27)/b25-12-/t13?,17-/m1/s1. The van der Waals surface area contributed by atoms with E-state index in [0.717, 1.165) is 0 Å². The Hall–Kier alpha value is -3.50. The highest BCUT2D eigenvalue weighted by Crippen LogP contribution is 2.41. The number of rotatable bonds is 10. The molecule has 1 fully saturated rings. The zero-order chi connectivity index (χ0) is 24.9. The van der Waals surface area contributed by atoms with Crippen molar-refractivity contribution in [2.45, 2.75) is 15.8 Å². The lowest BCUT2D eigenvalue weighted by Gasteiger charge is -2.49. The molecule has 0 bridgehead atoms. The first kappa shape index (κ1) is 24.6. The smallest absolute Gasteiger partial charge is 0.352 e. The summed E-state index contributed by atoms with van der Waals surface area (Å²) in [6, 6.07) is 3.61. The highest BCUT2D eigenvalue weighted by atomic mass is 32.2. The fourth-order valence-electron chi connectivity index (χ4n) is 3.38. The molecule has 0 aromatic carbocycles. The summed E-state index contributed by atoms with van der Waals surface area (Å²) in [5.74, 6) is -1.59. The highest BCUT2D eigenvalue weighted by molar-refractivity contribution is 8.01. The van der Waals surface area contributed by atoms with E-state index >= 15 is 0 Å². The minimum atomic E-state index is -1.22. The molecule has 1 saturated heterocycles. The van der Waals surface area contributed by atoms with Crippen LogP contribution in [0.5, 0.6) is 0 Å². The molecule has 2 atom stereocenters. The van der Waals surface area contributed by atoms with Gasteiger partial charge in [-0.1, -0.05) is 34.3 Å². The fourth-order valence-corrected chi connectivity index (χ4v) is 6.36. The molecule has 2 aliphatic rings. The number of oxime groups is 1.